The first-order chi connectivity index (χ1) is 17.0. The van der Waals surface area contributed by atoms with Crippen molar-refractivity contribution in [2.45, 2.75) is 33.1 Å². The van der Waals surface area contributed by atoms with Gasteiger partial charge in [0.25, 0.3) is 11.8 Å². The first-order valence-corrected chi connectivity index (χ1v) is 11.2. The third kappa shape index (κ3) is 8.61. The fraction of sp³-hybridized carbons (Fsp3) is 0.185. The monoisotopic (exact) mass is 474 g/mol. The minimum Gasteiger partial charge on any atom is -0.508 e. The Morgan fingerprint density at radius 2 is 1.46 bits per heavy atom. The number of hydroxylamine groups is 1. The molecular weight excluding hydrogens is 444 g/mol. The molecule has 0 radical (unpaired) electrons. The maximum Gasteiger partial charge on any atom is 0.280 e. The van der Waals surface area contributed by atoms with Crippen molar-refractivity contribution in [2.75, 3.05) is 0 Å². The number of phenolic OH excluding ortho intramolecular Hbond substituents is 1. The fourth-order valence-electron chi connectivity index (χ4n) is 2.92. The topological polar surface area (TPSA) is 137 Å². The molecule has 2 amide bonds. The van der Waals surface area contributed by atoms with Gasteiger partial charge in [0.2, 0.25) is 0 Å². The van der Waals surface area contributed by atoms with Crippen LogP contribution in [0.2, 0.25) is 0 Å². The molecule has 0 heterocycles. The van der Waals surface area contributed by atoms with Gasteiger partial charge in [0.05, 0.1) is 0 Å². The second-order valence-electron chi connectivity index (χ2n) is 7.18. The van der Waals surface area contributed by atoms with E-state index >= 15 is 0 Å². The van der Waals surface area contributed by atoms with Crippen LogP contribution in [0.5, 0.6) is 5.75 Å². The summed E-state index contributed by atoms with van der Waals surface area (Å²) < 4.78 is 0. The Bertz CT molecular complexity index is 1170. The number of carbonyl (C=O) groups is 2. The van der Waals surface area contributed by atoms with Crippen molar-refractivity contribution >= 4 is 11.8 Å². The maximum atomic E-state index is 12.1. The van der Waals surface area contributed by atoms with E-state index in [1.807, 2.05) is 50.2 Å². The lowest BCUT2D eigenvalue weighted by atomic mass is 10.1. The second-order valence-corrected chi connectivity index (χ2v) is 7.18. The summed E-state index contributed by atoms with van der Waals surface area (Å²) in [6.45, 7) is 5.23. The Kier molecular flexibility index (Phi) is 11.0. The van der Waals surface area contributed by atoms with Gasteiger partial charge in [0.15, 0.2) is 6.17 Å². The molecule has 3 rings (SSSR count). The van der Waals surface area contributed by atoms with E-state index in [9.17, 15) is 14.7 Å². The van der Waals surface area contributed by atoms with E-state index in [0.29, 0.717) is 18.7 Å². The van der Waals surface area contributed by atoms with Crippen LogP contribution in [0.4, 0.5) is 0 Å². The molecule has 0 saturated heterocycles. The number of amides is 2. The predicted molar refractivity (Wildman–Crippen MR) is 134 cm³/mol. The molecule has 35 heavy (non-hydrogen) atoms. The zero-order valence-corrected chi connectivity index (χ0v) is 19.7. The number of aromatic hydroxyl groups is 1. The molecule has 8 nitrogen and oxygen atoms in total. The number of phenols is 1. The summed E-state index contributed by atoms with van der Waals surface area (Å²) in [5, 5.41) is 23.9. The summed E-state index contributed by atoms with van der Waals surface area (Å²) >= 11 is 0. The third-order valence-corrected chi connectivity index (χ3v) is 4.77. The molecule has 0 fully saturated rings. The van der Waals surface area contributed by atoms with E-state index in [4.69, 9.17) is 10.9 Å². The van der Waals surface area contributed by atoms with E-state index in [2.05, 4.69) is 22.5 Å². The molecule has 8 heteroatoms. The van der Waals surface area contributed by atoms with Crippen molar-refractivity contribution in [3.05, 3.63) is 101 Å². The van der Waals surface area contributed by atoms with E-state index in [1.54, 1.807) is 36.4 Å². The van der Waals surface area contributed by atoms with E-state index < -0.39 is 18.0 Å². The second kappa shape index (κ2) is 14.2. The van der Waals surface area contributed by atoms with Crippen molar-refractivity contribution in [1.29, 1.82) is 0 Å². The van der Waals surface area contributed by atoms with Gasteiger partial charge >= 0.3 is 0 Å². The number of rotatable bonds is 7. The molecule has 0 aliphatic rings. The van der Waals surface area contributed by atoms with Gasteiger partial charge in [-0.05, 0) is 48.0 Å². The quantitative estimate of drug-likeness (QED) is 0.135. The van der Waals surface area contributed by atoms with Gasteiger partial charge in [-0.3, -0.25) is 14.8 Å². The summed E-state index contributed by atoms with van der Waals surface area (Å²) in [6, 6.07) is 21.6. The number of benzene rings is 3. The van der Waals surface area contributed by atoms with Gasteiger partial charge in [-0.15, -0.1) is 0 Å². The van der Waals surface area contributed by atoms with Gasteiger partial charge in [-0.25, -0.2) is 5.48 Å². The lowest BCUT2D eigenvalue weighted by Gasteiger charge is -2.11. The summed E-state index contributed by atoms with van der Waals surface area (Å²) in [6.07, 6.45) is -1.36. The zero-order valence-electron chi connectivity index (χ0n) is 19.7. The molecule has 1 atom stereocenters. The number of para-hydroxylation sites is 1. The van der Waals surface area contributed by atoms with Gasteiger partial charge in [-0.2, -0.15) is 0 Å². The lowest BCUT2D eigenvalue weighted by molar-refractivity contribution is -0.131. The van der Waals surface area contributed by atoms with Crippen molar-refractivity contribution in [3.8, 4) is 17.6 Å². The number of nitrogens with one attached hydrogen (secondary N) is 3. The van der Waals surface area contributed by atoms with Crippen molar-refractivity contribution in [1.82, 2.24) is 16.1 Å². The largest absolute Gasteiger partial charge is 0.508 e. The van der Waals surface area contributed by atoms with Gasteiger partial charge in [0, 0.05) is 35.3 Å². The van der Waals surface area contributed by atoms with E-state index in [1.165, 1.54) is 5.48 Å². The third-order valence-electron chi connectivity index (χ3n) is 4.77. The molecule has 0 aliphatic carbocycles. The molecule has 3 aromatic rings. The highest BCUT2D eigenvalue weighted by atomic mass is 16.5. The van der Waals surface area contributed by atoms with Crippen molar-refractivity contribution < 1.29 is 19.9 Å². The molecule has 0 bridgehead atoms. The number of hydrogen-bond donors (Lipinski definition) is 6. The number of hydrogen-bond acceptors (Lipinski definition) is 6. The van der Waals surface area contributed by atoms with Crippen LogP contribution in [-0.4, -0.2) is 28.3 Å². The van der Waals surface area contributed by atoms with Crippen molar-refractivity contribution in [3.63, 3.8) is 0 Å². The summed E-state index contributed by atoms with van der Waals surface area (Å²) in [4.78, 5) is 23.2. The smallest absolute Gasteiger partial charge is 0.280 e. The Morgan fingerprint density at radius 1 is 0.886 bits per heavy atom. The van der Waals surface area contributed by atoms with Crippen LogP contribution in [0.25, 0.3) is 0 Å². The summed E-state index contributed by atoms with van der Waals surface area (Å²) in [5.74, 6) is 4.94. The van der Waals surface area contributed by atoms with E-state index in [0.717, 1.165) is 22.3 Å². The minimum absolute atomic E-state index is 0.280. The van der Waals surface area contributed by atoms with Crippen LogP contribution >= 0.6 is 0 Å². The minimum atomic E-state index is -1.36. The van der Waals surface area contributed by atoms with Gasteiger partial charge in [-0.1, -0.05) is 56.0 Å². The average Bonchev–Trinajstić information content (AvgIpc) is 2.90. The first kappa shape index (κ1) is 27.1. The predicted octanol–water partition coefficient (Wildman–Crippen LogP) is 2.63. The highest BCUT2D eigenvalue weighted by Gasteiger charge is 2.16. The Balaban J connectivity index is 0.00000210. The summed E-state index contributed by atoms with van der Waals surface area (Å²) in [7, 11) is 0. The number of carbonyl (C=O) groups excluding carboxylic acids is 2. The van der Waals surface area contributed by atoms with Crippen LogP contribution < -0.4 is 21.8 Å². The SMILES string of the molecule is CC.NC(NC(=O)c1ccc(C#Cc2ccc(CNCc3ccccc3O)cc2)cc1)C(=O)NO. The molecule has 3 aromatic carbocycles. The lowest BCUT2D eigenvalue weighted by Crippen LogP contribution is -2.51. The fourth-order valence-corrected chi connectivity index (χ4v) is 2.92. The molecular formula is C27H30N4O4. The molecule has 1 unspecified atom stereocenters. The van der Waals surface area contributed by atoms with Crippen LogP contribution in [0, 0.1) is 11.8 Å². The normalized spacial score (nSPS) is 10.6. The Morgan fingerprint density at radius 3 is 2.03 bits per heavy atom. The molecule has 0 spiro atoms. The van der Waals surface area contributed by atoms with Crippen LogP contribution in [0.1, 0.15) is 46.5 Å². The van der Waals surface area contributed by atoms with Gasteiger partial charge < -0.3 is 21.5 Å². The Labute approximate surface area is 205 Å². The average molecular weight is 475 g/mol. The molecule has 0 aromatic heterocycles. The first-order valence-electron chi connectivity index (χ1n) is 11.2. The molecule has 0 saturated carbocycles. The molecule has 182 valence electrons. The Hall–Kier alpha value is -4.16. The molecule has 7 N–H and O–H groups in total. The number of nitrogens with two attached hydrogens (primary N) is 1. The molecule has 0 aliphatic heterocycles. The van der Waals surface area contributed by atoms with Crippen LogP contribution in [0.15, 0.2) is 72.8 Å². The standard InChI is InChI=1S/C25H24N4O4.C2H6/c26-23(25(32)29-33)28-24(31)20-13-11-18(12-14-20)6-5-17-7-9-19(10-8-17)15-27-16-21-3-1-2-4-22(21)30;1-2/h1-4,7-14,23,27,30,33H,15-16,26H2,(H,28,31)(H,29,32);1-2H3. The summed E-state index contributed by atoms with van der Waals surface area (Å²) in [5.41, 5.74) is 10.6. The zero-order chi connectivity index (χ0) is 25.6. The van der Waals surface area contributed by atoms with Crippen molar-refractivity contribution in [2.24, 2.45) is 5.73 Å². The highest BCUT2D eigenvalue weighted by Crippen LogP contribution is 2.15. The highest BCUT2D eigenvalue weighted by molar-refractivity contribution is 5.97. The van der Waals surface area contributed by atoms with Gasteiger partial charge in [0.1, 0.15) is 5.75 Å². The van der Waals surface area contributed by atoms with E-state index in [-0.39, 0.29) is 5.75 Å². The van der Waals surface area contributed by atoms with Crippen LogP contribution in [-0.2, 0) is 17.9 Å². The maximum absolute atomic E-state index is 12.1. The van der Waals surface area contributed by atoms with Crippen LogP contribution in [0.3, 0.4) is 0 Å².